The first-order valence-electron chi connectivity index (χ1n) is 12.3. The molecule has 2 saturated heterocycles. The fraction of sp³-hybridized carbons (Fsp3) is 0.560. The van der Waals surface area contributed by atoms with Crippen LogP contribution in [0.2, 0.25) is 0 Å². The number of anilines is 2. The molecule has 4 rings (SSSR count). The molecule has 1 atom stereocenters. The van der Waals surface area contributed by atoms with Gasteiger partial charge in [-0.2, -0.15) is 0 Å². The third kappa shape index (κ3) is 5.72. The van der Waals surface area contributed by atoms with Gasteiger partial charge in [0.25, 0.3) is 5.91 Å². The number of aromatic nitrogens is 2. The molecule has 0 spiro atoms. The van der Waals surface area contributed by atoms with Gasteiger partial charge in [0, 0.05) is 56.2 Å². The molecule has 0 unspecified atom stereocenters. The summed E-state index contributed by atoms with van der Waals surface area (Å²) in [6, 6.07) is 9.49. The molecule has 2 fully saturated rings. The van der Waals surface area contributed by atoms with E-state index in [-0.39, 0.29) is 18.4 Å². The van der Waals surface area contributed by atoms with E-state index in [2.05, 4.69) is 34.0 Å². The van der Waals surface area contributed by atoms with E-state index in [9.17, 15) is 15.0 Å². The van der Waals surface area contributed by atoms with Crippen molar-refractivity contribution in [3.63, 3.8) is 0 Å². The molecule has 4 heterocycles. The van der Waals surface area contributed by atoms with Crippen molar-refractivity contribution in [3.8, 4) is 0 Å². The Hall–Kier alpha value is -2.59. The van der Waals surface area contributed by atoms with Crippen LogP contribution in [0.3, 0.4) is 0 Å². The number of piperidine rings is 1. The van der Waals surface area contributed by atoms with Crippen LogP contribution in [0, 0.1) is 0 Å². The normalized spacial score (nSPS) is 21.1. The largest absolute Gasteiger partial charge is 0.355 e. The number of hydrogen-bond acceptors (Lipinski definition) is 8. The van der Waals surface area contributed by atoms with Crippen LogP contribution in [0.25, 0.3) is 0 Å². The maximum Gasteiger partial charge on any atom is 0.274 e. The lowest BCUT2D eigenvalue weighted by Gasteiger charge is -2.44. The van der Waals surface area contributed by atoms with Gasteiger partial charge in [0.15, 0.2) is 0 Å². The molecule has 1 amide bonds. The Labute approximate surface area is 201 Å². The summed E-state index contributed by atoms with van der Waals surface area (Å²) in [6.45, 7) is 7.99. The fourth-order valence-corrected chi connectivity index (χ4v) is 4.90. The summed E-state index contributed by atoms with van der Waals surface area (Å²) in [5.41, 5.74) is 0.967. The highest BCUT2D eigenvalue weighted by Gasteiger charge is 2.40. The van der Waals surface area contributed by atoms with E-state index < -0.39 is 5.91 Å². The van der Waals surface area contributed by atoms with Crippen molar-refractivity contribution in [1.29, 1.82) is 0 Å². The Bertz CT molecular complexity index is 949. The molecule has 34 heavy (non-hydrogen) atoms. The van der Waals surface area contributed by atoms with Crippen LogP contribution in [0.5, 0.6) is 0 Å². The molecular weight excluding hydrogens is 432 g/mol. The van der Waals surface area contributed by atoms with Crippen molar-refractivity contribution >= 4 is 17.4 Å². The van der Waals surface area contributed by atoms with Gasteiger partial charge in [0.2, 0.25) is 5.91 Å². The van der Waals surface area contributed by atoms with Crippen molar-refractivity contribution in [2.24, 2.45) is 0 Å². The monoisotopic (exact) mass is 468 g/mol. The van der Waals surface area contributed by atoms with Crippen molar-refractivity contribution in [2.45, 2.75) is 57.5 Å². The summed E-state index contributed by atoms with van der Waals surface area (Å²) in [5, 5.41) is 24.6. The number of hydrogen-bond donors (Lipinski definition) is 3. The maximum atomic E-state index is 12.7. The third-order valence-corrected chi connectivity index (χ3v) is 7.17. The average Bonchev–Trinajstić information content (AvgIpc) is 3.02. The first-order chi connectivity index (χ1) is 16.4. The molecule has 3 N–H and O–H groups in total. The second kappa shape index (κ2) is 10.8. The molecule has 2 aliphatic heterocycles. The third-order valence-electron chi connectivity index (χ3n) is 7.17. The second-order valence-corrected chi connectivity index (χ2v) is 9.30. The first kappa shape index (κ1) is 24.5. The number of carbonyl (C=O) groups is 1. The molecular formula is C25H36N6O3. The predicted molar refractivity (Wildman–Crippen MR) is 131 cm³/mol. The maximum absolute atomic E-state index is 12.7. The van der Waals surface area contributed by atoms with E-state index >= 15 is 0 Å². The summed E-state index contributed by atoms with van der Waals surface area (Å²) in [6.07, 6.45) is 6.40. The van der Waals surface area contributed by atoms with Crippen LogP contribution in [-0.4, -0.2) is 86.6 Å². The number of likely N-dealkylation sites (tertiary alicyclic amines) is 1. The predicted octanol–water partition coefficient (Wildman–Crippen LogP) is 2.14. The van der Waals surface area contributed by atoms with Crippen LogP contribution in [0.1, 0.15) is 50.0 Å². The standard InChI is InChI=1S/C25H36N6O3/c1-3-19(2)29-14-9-21(10-15-29)31-18-17-30(16-11-25(31,33)34)23-6-4-5-22(28-23)24(32)27-20-7-12-26-13-8-20/h4-8,12-13,19,21,33-34H,3,9-11,14-18H2,1-2H3,(H,26,27,32)/t19-/m1/s1. The van der Waals surface area contributed by atoms with Crippen LogP contribution in [-0.2, 0) is 0 Å². The SMILES string of the molecule is CC[C@@H](C)N1CCC(N2CCN(c3cccc(C(=O)Nc4ccncc4)n3)CCC2(O)O)CC1. The van der Waals surface area contributed by atoms with Crippen molar-refractivity contribution in [1.82, 2.24) is 19.8 Å². The molecule has 0 saturated carbocycles. The van der Waals surface area contributed by atoms with Gasteiger partial charge < -0.3 is 25.3 Å². The minimum Gasteiger partial charge on any atom is -0.355 e. The number of rotatable bonds is 6. The molecule has 2 aliphatic rings. The highest BCUT2D eigenvalue weighted by molar-refractivity contribution is 6.03. The minimum absolute atomic E-state index is 0.140. The Morgan fingerprint density at radius 3 is 2.56 bits per heavy atom. The molecule has 0 radical (unpaired) electrons. The fourth-order valence-electron chi connectivity index (χ4n) is 4.90. The molecule has 0 aliphatic carbocycles. The van der Waals surface area contributed by atoms with E-state index in [4.69, 9.17) is 0 Å². The van der Waals surface area contributed by atoms with Gasteiger partial charge in [0.1, 0.15) is 11.5 Å². The van der Waals surface area contributed by atoms with Crippen LogP contribution >= 0.6 is 0 Å². The zero-order valence-corrected chi connectivity index (χ0v) is 20.1. The Balaban J connectivity index is 1.41. The van der Waals surface area contributed by atoms with Crippen molar-refractivity contribution < 1.29 is 15.0 Å². The van der Waals surface area contributed by atoms with E-state index in [0.717, 1.165) is 32.4 Å². The van der Waals surface area contributed by atoms with Crippen molar-refractivity contribution in [3.05, 3.63) is 48.4 Å². The molecule has 2 aromatic heterocycles. The highest BCUT2D eigenvalue weighted by atomic mass is 16.5. The lowest BCUT2D eigenvalue weighted by molar-refractivity contribution is -0.276. The zero-order chi connectivity index (χ0) is 24.1. The molecule has 9 nitrogen and oxygen atoms in total. The van der Waals surface area contributed by atoms with E-state index in [0.29, 0.717) is 42.9 Å². The molecule has 2 aromatic rings. The van der Waals surface area contributed by atoms with Crippen LogP contribution in [0.4, 0.5) is 11.5 Å². The lowest BCUT2D eigenvalue weighted by atomic mass is 10.00. The summed E-state index contributed by atoms with van der Waals surface area (Å²) in [4.78, 5) is 27.6. The topological polar surface area (TPSA) is 105 Å². The summed E-state index contributed by atoms with van der Waals surface area (Å²) < 4.78 is 0. The Morgan fingerprint density at radius 1 is 1.12 bits per heavy atom. The molecule has 9 heteroatoms. The summed E-state index contributed by atoms with van der Waals surface area (Å²) in [7, 11) is 0. The number of amides is 1. The summed E-state index contributed by atoms with van der Waals surface area (Å²) in [5.74, 6) is -1.49. The number of aliphatic hydroxyl groups is 2. The van der Waals surface area contributed by atoms with Gasteiger partial charge in [0.05, 0.1) is 0 Å². The number of pyridine rings is 2. The number of nitrogens with zero attached hydrogens (tertiary/aromatic N) is 5. The number of nitrogens with one attached hydrogen (secondary N) is 1. The Kier molecular flexibility index (Phi) is 7.77. The van der Waals surface area contributed by atoms with Gasteiger partial charge in [-0.05, 0) is 63.5 Å². The first-order valence-corrected chi connectivity index (χ1v) is 12.3. The smallest absolute Gasteiger partial charge is 0.274 e. The van der Waals surface area contributed by atoms with Crippen molar-refractivity contribution in [2.75, 3.05) is 42.9 Å². The summed E-state index contributed by atoms with van der Waals surface area (Å²) >= 11 is 0. The molecule has 184 valence electrons. The molecule has 0 bridgehead atoms. The lowest BCUT2D eigenvalue weighted by Crippen LogP contribution is -2.57. The van der Waals surface area contributed by atoms with E-state index in [1.165, 1.54) is 0 Å². The average molecular weight is 469 g/mol. The second-order valence-electron chi connectivity index (χ2n) is 9.30. The van der Waals surface area contributed by atoms with Gasteiger partial charge in [-0.15, -0.1) is 0 Å². The van der Waals surface area contributed by atoms with E-state index in [1.807, 2.05) is 21.9 Å². The Morgan fingerprint density at radius 2 is 1.85 bits per heavy atom. The van der Waals surface area contributed by atoms with Gasteiger partial charge in [-0.3, -0.25) is 9.78 Å². The van der Waals surface area contributed by atoms with E-state index in [1.54, 1.807) is 30.6 Å². The quantitative estimate of drug-likeness (QED) is 0.554. The van der Waals surface area contributed by atoms with Gasteiger partial charge >= 0.3 is 0 Å². The number of carbonyl (C=O) groups excluding carboxylic acids is 1. The highest BCUT2D eigenvalue weighted by Crippen LogP contribution is 2.28. The van der Waals surface area contributed by atoms with Crippen LogP contribution in [0.15, 0.2) is 42.7 Å². The van der Waals surface area contributed by atoms with Gasteiger partial charge in [-0.25, -0.2) is 9.88 Å². The zero-order valence-electron chi connectivity index (χ0n) is 20.1. The van der Waals surface area contributed by atoms with Gasteiger partial charge in [-0.1, -0.05) is 13.0 Å². The minimum atomic E-state index is -1.85. The van der Waals surface area contributed by atoms with Crippen LogP contribution < -0.4 is 10.2 Å². The molecule has 0 aromatic carbocycles.